The standard InChI is InChI=1S/C18H15ClF3NO/c1-11-3-4-13(9-12(11)2)17(24)7-8-23-14-5-6-16(19)15(10-14)18(20,21)22/h3-10,23H,1-2H3/b8-7+. The molecule has 1 N–H and O–H groups in total. The van der Waals surface area contributed by atoms with E-state index in [9.17, 15) is 18.0 Å². The molecule has 0 atom stereocenters. The summed E-state index contributed by atoms with van der Waals surface area (Å²) in [4.78, 5) is 12.1. The van der Waals surface area contributed by atoms with Crippen LogP contribution in [0, 0.1) is 13.8 Å². The van der Waals surface area contributed by atoms with E-state index < -0.39 is 11.7 Å². The first kappa shape index (κ1) is 18.1. The normalized spacial score (nSPS) is 11.8. The molecule has 0 aliphatic heterocycles. The lowest BCUT2D eigenvalue weighted by Crippen LogP contribution is -2.06. The van der Waals surface area contributed by atoms with Gasteiger partial charge in [0.1, 0.15) is 0 Å². The molecular weight excluding hydrogens is 339 g/mol. The van der Waals surface area contributed by atoms with E-state index in [-0.39, 0.29) is 16.5 Å². The molecule has 24 heavy (non-hydrogen) atoms. The Morgan fingerprint density at radius 1 is 1.08 bits per heavy atom. The molecule has 2 nitrogen and oxygen atoms in total. The summed E-state index contributed by atoms with van der Waals surface area (Å²) >= 11 is 5.55. The first-order valence-electron chi connectivity index (χ1n) is 7.10. The monoisotopic (exact) mass is 353 g/mol. The summed E-state index contributed by atoms with van der Waals surface area (Å²) < 4.78 is 38.4. The van der Waals surface area contributed by atoms with Crippen LogP contribution in [0.2, 0.25) is 5.02 Å². The smallest absolute Gasteiger partial charge is 0.362 e. The number of rotatable bonds is 4. The second kappa shape index (κ2) is 7.09. The van der Waals surface area contributed by atoms with Crippen molar-refractivity contribution < 1.29 is 18.0 Å². The number of anilines is 1. The van der Waals surface area contributed by atoms with E-state index in [2.05, 4.69) is 5.32 Å². The van der Waals surface area contributed by atoms with Gasteiger partial charge in [-0.1, -0.05) is 23.7 Å². The van der Waals surface area contributed by atoms with E-state index in [1.165, 1.54) is 18.3 Å². The van der Waals surface area contributed by atoms with Crippen LogP contribution in [0.15, 0.2) is 48.7 Å². The number of carbonyl (C=O) groups is 1. The van der Waals surface area contributed by atoms with Gasteiger partial charge in [-0.3, -0.25) is 4.79 Å². The Hall–Kier alpha value is -2.27. The summed E-state index contributed by atoms with van der Waals surface area (Å²) in [5, 5.41) is 2.28. The molecule has 0 unspecified atom stereocenters. The lowest BCUT2D eigenvalue weighted by molar-refractivity contribution is -0.137. The van der Waals surface area contributed by atoms with Gasteiger partial charge in [-0.25, -0.2) is 0 Å². The minimum absolute atomic E-state index is 0.191. The molecule has 0 saturated carbocycles. The SMILES string of the molecule is Cc1ccc(C(=O)/C=C/Nc2ccc(Cl)c(C(F)(F)F)c2)cc1C. The third kappa shape index (κ3) is 4.38. The van der Waals surface area contributed by atoms with Gasteiger partial charge in [-0.15, -0.1) is 0 Å². The minimum Gasteiger partial charge on any atom is -0.362 e. The van der Waals surface area contributed by atoms with Crippen molar-refractivity contribution in [2.45, 2.75) is 20.0 Å². The zero-order chi connectivity index (χ0) is 17.9. The third-order valence-electron chi connectivity index (χ3n) is 3.55. The predicted molar refractivity (Wildman–Crippen MR) is 89.5 cm³/mol. The summed E-state index contributed by atoms with van der Waals surface area (Å²) in [5.74, 6) is -0.240. The van der Waals surface area contributed by atoms with E-state index in [4.69, 9.17) is 11.6 Å². The maximum atomic E-state index is 12.8. The van der Waals surface area contributed by atoms with Crippen LogP contribution in [-0.2, 0) is 6.18 Å². The second-order valence-corrected chi connectivity index (χ2v) is 5.74. The quantitative estimate of drug-likeness (QED) is 0.557. The first-order valence-corrected chi connectivity index (χ1v) is 7.47. The number of hydrogen-bond donors (Lipinski definition) is 1. The number of hydrogen-bond acceptors (Lipinski definition) is 2. The van der Waals surface area contributed by atoms with Crippen LogP contribution in [0.1, 0.15) is 27.0 Å². The molecule has 0 heterocycles. The second-order valence-electron chi connectivity index (χ2n) is 5.33. The number of allylic oxidation sites excluding steroid dienone is 1. The Morgan fingerprint density at radius 2 is 1.79 bits per heavy atom. The third-order valence-corrected chi connectivity index (χ3v) is 3.88. The van der Waals surface area contributed by atoms with E-state index in [1.54, 1.807) is 12.1 Å². The number of nitrogens with one attached hydrogen (secondary N) is 1. The molecule has 2 aromatic carbocycles. The average Bonchev–Trinajstić information content (AvgIpc) is 2.50. The number of carbonyl (C=O) groups excluding carboxylic acids is 1. The van der Waals surface area contributed by atoms with Gasteiger partial charge in [0.15, 0.2) is 5.78 Å². The molecule has 0 bridgehead atoms. The molecule has 126 valence electrons. The Bertz CT molecular complexity index is 797. The Morgan fingerprint density at radius 3 is 2.42 bits per heavy atom. The average molecular weight is 354 g/mol. The van der Waals surface area contributed by atoms with E-state index in [1.807, 2.05) is 19.9 Å². The summed E-state index contributed by atoms with van der Waals surface area (Å²) in [6, 6.07) is 8.78. The molecule has 0 aliphatic carbocycles. The molecule has 0 fully saturated rings. The van der Waals surface area contributed by atoms with Crippen molar-refractivity contribution in [3.8, 4) is 0 Å². The van der Waals surface area contributed by atoms with Crippen LogP contribution in [-0.4, -0.2) is 5.78 Å². The van der Waals surface area contributed by atoms with E-state index in [0.717, 1.165) is 23.3 Å². The van der Waals surface area contributed by atoms with Gasteiger partial charge < -0.3 is 5.32 Å². The summed E-state index contributed by atoms with van der Waals surface area (Å²) in [6.07, 6.45) is -1.96. The minimum atomic E-state index is -4.53. The highest BCUT2D eigenvalue weighted by atomic mass is 35.5. The van der Waals surface area contributed by atoms with Crippen molar-refractivity contribution in [2.75, 3.05) is 5.32 Å². The van der Waals surface area contributed by atoms with Crippen molar-refractivity contribution in [2.24, 2.45) is 0 Å². The predicted octanol–water partition coefficient (Wildman–Crippen LogP) is 5.78. The van der Waals surface area contributed by atoms with Gasteiger partial charge in [0.25, 0.3) is 0 Å². The van der Waals surface area contributed by atoms with Crippen molar-refractivity contribution in [3.05, 3.63) is 76.0 Å². The molecule has 2 rings (SSSR count). The number of benzene rings is 2. The van der Waals surface area contributed by atoms with Gasteiger partial charge in [0.2, 0.25) is 0 Å². The molecule has 0 spiro atoms. The number of alkyl halides is 3. The highest BCUT2D eigenvalue weighted by molar-refractivity contribution is 6.31. The van der Waals surface area contributed by atoms with Gasteiger partial charge in [-0.05, 0) is 49.2 Å². The van der Waals surface area contributed by atoms with E-state index in [0.29, 0.717) is 5.56 Å². The zero-order valence-electron chi connectivity index (χ0n) is 13.0. The lowest BCUT2D eigenvalue weighted by atomic mass is 10.0. The topological polar surface area (TPSA) is 29.1 Å². The van der Waals surface area contributed by atoms with E-state index >= 15 is 0 Å². The molecule has 6 heteroatoms. The van der Waals surface area contributed by atoms with Crippen molar-refractivity contribution in [3.63, 3.8) is 0 Å². The molecule has 2 aromatic rings. The fraction of sp³-hybridized carbons (Fsp3) is 0.167. The first-order chi connectivity index (χ1) is 11.2. The highest BCUT2D eigenvalue weighted by Crippen LogP contribution is 2.36. The fourth-order valence-electron chi connectivity index (χ4n) is 2.04. The molecule has 0 saturated heterocycles. The van der Waals surface area contributed by atoms with Crippen molar-refractivity contribution in [1.82, 2.24) is 0 Å². The van der Waals surface area contributed by atoms with Crippen LogP contribution < -0.4 is 5.32 Å². The van der Waals surface area contributed by atoms with Crippen LogP contribution in [0.5, 0.6) is 0 Å². The zero-order valence-corrected chi connectivity index (χ0v) is 13.8. The van der Waals surface area contributed by atoms with Crippen molar-refractivity contribution in [1.29, 1.82) is 0 Å². The summed E-state index contributed by atoms with van der Waals surface area (Å²) in [5.41, 5.74) is 1.85. The summed E-state index contributed by atoms with van der Waals surface area (Å²) in [6.45, 7) is 3.85. The van der Waals surface area contributed by atoms with Crippen LogP contribution in [0.25, 0.3) is 0 Å². The lowest BCUT2D eigenvalue weighted by Gasteiger charge is -2.10. The molecule has 0 aliphatic rings. The summed E-state index contributed by atoms with van der Waals surface area (Å²) in [7, 11) is 0. The van der Waals surface area contributed by atoms with Crippen LogP contribution >= 0.6 is 11.6 Å². The maximum Gasteiger partial charge on any atom is 0.417 e. The van der Waals surface area contributed by atoms with Gasteiger partial charge in [0.05, 0.1) is 10.6 Å². The molecule has 0 amide bonds. The molecule has 0 aromatic heterocycles. The van der Waals surface area contributed by atoms with Crippen LogP contribution in [0.4, 0.5) is 18.9 Å². The highest BCUT2D eigenvalue weighted by Gasteiger charge is 2.33. The fourth-order valence-corrected chi connectivity index (χ4v) is 2.26. The maximum absolute atomic E-state index is 12.8. The number of ketones is 1. The largest absolute Gasteiger partial charge is 0.417 e. The Balaban J connectivity index is 2.11. The van der Waals surface area contributed by atoms with Gasteiger partial charge >= 0.3 is 6.18 Å². The molecular formula is C18H15ClF3NO. The van der Waals surface area contributed by atoms with Crippen LogP contribution in [0.3, 0.4) is 0 Å². The van der Waals surface area contributed by atoms with Gasteiger partial charge in [-0.2, -0.15) is 13.2 Å². The Labute approximate surface area is 142 Å². The van der Waals surface area contributed by atoms with Crippen molar-refractivity contribution >= 4 is 23.1 Å². The van der Waals surface area contributed by atoms with Gasteiger partial charge in [0, 0.05) is 23.5 Å². The Kier molecular flexibility index (Phi) is 5.34. The molecule has 0 radical (unpaired) electrons. The number of aryl methyl sites for hydroxylation is 2. The number of halogens is 4.